The summed E-state index contributed by atoms with van der Waals surface area (Å²) in [5, 5.41) is 21.8. The molecule has 0 aliphatic heterocycles. The van der Waals surface area contributed by atoms with Crippen LogP contribution in [-0.4, -0.2) is 15.0 Å². The smallest absolute Gasteiger partial charge is 0.324 e. The van der Waals surface area contributed by atoms with Crippen LogP contribution in [-0.2, 0) is 0 Å². The fourth-order valence-corrected chi connectivity index (χ4v) is 2.75. The average Bonchev–Trinajstić information content (AvgIpc) is 2.89. The van der Waals surface area contributed by atoms with Gasteiger partial charge in [0, 0.05) is 28.1 Å². The predicted molar refractivity (Wildman–Crippen MR) is 73.4 cm³/mol. The monoisotopic (exact) mass is 272 g/mol. The van der Waals surface area contributed by atoms with Gasteiger partial charge in [-0.3, -0.25) is 15.1 Å². The first-order chi connectivity index (χ1) is 9.16. The number of phenols is 1. The van der Waals surface area contributed by atoms with Crippen LogP contribution < -0.4 is 0 Å². The molecule has 0 fully saturated rings. The molecule has 0 atom stereocenters. The van der Waals surface area contributed by atoms with Gasteiger partial charge < -0.3 is 5.11 Å². The highest BCUT2D eigenvalue weighted by atomic mass is 32.1. The first kappa shape index (κ1) is 11.6. The number of thiophene rings is 1. The van der Waals surface area contributed by atoms with E-state index in [1.165, 1.54) is 6.07 Å². The maximum absolute atomic E-state index is 10.7. The van der Waals surface area contributed by atoms with Crippen LogP contribution in [0.25, 0.3) is 21.3 Å². The largest absolute Gasteiger partial charge is 0.505 e. The van der Waals surface area contributed by atoms with Gasteiger partial charge in [-0.2, -0.15) is 0 Å². The van der Waals surface area contributed by atoms with E-state index in [4.69, 9.17) is 0 Å². The number of nitrogens with zero attached hydrogens (tertiary/aromatic N) is 2. The molecule has 0 amide bonds. The predicted octanol–water partition coefficient (Wildman–Crippen LogP) is 3.58. The van der Waals surface area contributed by atoms with Crippen molar-refractivity contribution in [2.75, 3.05) is 0 Å². The van der Waals surface area contributed by atoms with Crippen molar-refractivity contribution in [2.24, 2.45) is 0 Å². The fraction of sp³-hybridized carbons (Fsp3) is 0. The summed E-state index contributed by atoms with van der Waals surface area (Å²) in [6, 6.07) is 10.3. The van der Waals surface area contributed by atoms with Crippen molar-refractivity contribution in [3.63, 3.8) is 0 Å². The lowest BCUT2D eigenvalue weighted by Crippen LogP contribution is -1.82. The third-order valence-electron chi connectivity index (χ3n) is 2.79. The van der Waals surface area contributed by atoms with Crippen molar-refractivity contribution in [3.05, 3.63) is 52.7 Å². The van der Waals surface area contributed by atoms with Gasteiger partial charge in [-0.25, -0.2) is 0 Å². The Morgan fingerprint density at radius 2 is 2.05 bits per heavy atom. The molecule has 3 aromatic rings. The minimum absolute atomic E-state index is 0.0508. The summed E-state index contributed by atoms with van der Waals surface area (Å²) in [5.74, 6) is 0.0508. The lowest BCUT2D eigenvalue weighted by atomic mass is 10.1. The summed E-state index contributed by atoms with van der Waals surface area (Å²) in [4.78, 5) is 15.0. The number of nitro groups is 1. The molecule has 0 spiro atoms. The molecular formula is C13H8N2O3S. The second kappa shape index (κ2) is 4.33. The van der Waals surface area contributed by atoms with E-state index in [1.807, 2.05) is 12.1 Å². The maximum atomic E-state index is 10.7. The lowest BCUT2D eigenvalue weighted by Gasteiger charge is -2.04. The van der Waals surface area contributed by atoms with E-state index in [2.05, 4.69) is 4.98 Å². The van der Waals surface area contributed by atoms with Gasteiger partial charge in [-0.1, -0.05) is 23.5 Å². The van der Waals surface area contributed by atoms with E-state index >= 15 is 0 Å². The van der Waals surface area contributed by atoms with E-state index in [-0.39, 0.29) is 10.8 Å². The number of rotatable bonds is 2. The lowest BCUT2D eigenvalue weighted by molar-refractivity contribution is -0.380. The Labute approximate surface area is 111 Å². The van der Waals surface area contributed by atoms with Crippen LogP contribution in [0.1, 0.15) is 0 Å². The Hall–Kier alpha value is -2.47. The van der Waals surface area contributed by atoms with Gasteiger partial charge in [0.1, 0.15) is 11.3 Å². The van der Waals surface area contributed by atoms with Gasteiger partial charge >= 0.3 is 5.00 Å². The zero-order valence-corrected chi connectivity index (χ0v) is 10.4. The van der Waals surface area contributed by atoms with Crippen molar-refractivity contribution in [2.45, 2.75) is 0 Å². The molecule has 19 heavy (non-hydrogen) atoms. The summed E-state index contributed by atoms with van der Waals surface area (Å²) < 4.78 is 0. The Morgan fingerprint density at radius 1 is 1.21 bits per heavy atom. The fourth-order valence-electron chi connectivity index (χ4n) is 1.90. The zero-order chi connectivity index (χ0) is 13.4. The molecule has 3 rings (SSSR count). The number of benzene rings is 1. The van der Waals surface area contributed by atoms with Gasteiger partial charge in [-0.15, -0.1) is 0 Å². The van der Waals surface area contributed by atoms with Crippen molar-refractivity contribution in [3.8, 4) is 16.2 Å². The molecule has 0 unspecified atom stereocenters. The molecule has 2 heterocycles. The van der Waals surface area contributed by atoms with Crippen LogP contribution in [0.5, 0.6) is 5.75 Å². The highest BCUT2D eigenvalue weighted by Gasteiger charge is 2.15. The quantitative estimate of drug-likeness (QED) is 0.571. The SMILES string of the molecule is O=[N+]([O-])c1ccc(-c2ccc3cccnc3c2O)s1. The van der Waals surface area contributed by atoms with Crippen LogP contribution in [0.4, 0.5) is 5.00 Å². The molecule has 0 radical (unpaired) electrons. The maximum Gasteiger partial charge on any atom is 0.324 e. The van der Waals surface area contributed by atoms with Crippen molar-refractivity contribution in [1.82, 2.24) is 4.98 Å². The first-order valence-corrected chi connectivity index (χ1v) is 6.30. The molecule has 0 aliphatic carbocycles. The summed E-state index contributed by atoms with van der Waals surface area (Å²) >= 11 is 1.03. The van der Waals surface area contributed by atoms with E-state index in [1.54, 1.807) is 24.4 Å². The number of phenolic OH excluding ortho intramolecular Hbond substituents is 1. The van der Waals surface area contributed by atoms with Crippen LogP contribution in [0.3, 0.4) is 0 Å². The number of hydrogen-bond acceptors (Lipinski definition) is 5. The number of aromatic hydroxyl groups is 1. The van der Waals surface area contributed by atoms with Gasteiger partial charge in [-0.05, 0) is 18.2 Å². The van der Waals surface area contributed by atoms with Crippen molar-refractivity contribution in [1.29, 1.82) is 0 Å². The molecule has 5 nitrogen and oxygen atoms in total. The molecule has 2 aromatic heterocycles. The molecule has 6 heteroatoms. The third-order valence-corrected chi connectivity index (χ3v) is 3.86. The molecule has 1 N–H and O–H groups in total. The average molecular weight is 272 g/mol. The Bertz CT molecular complexity index is 782. The molecule has 1 aromatic carbocycles. The van der Waals surface area contributed by atoms with Gasteiger partial charge in [0.05, 0.1) is 4.92 Å². The Kier molecular flexibility index (Phi) is 2.64. The van der Waals surface area contributed by atoms with Crippen LogP contribution in [0, 0.1) is 10.1 Å². The van der Waals surface area contributed by atoms with E-state index in [0.717, 1.165) is 16.7 Å². The number of aromatic nitrogens is 1. The summed E-state index contributed by atoms with van der Waals surface area (Å²) in [6.45, 7) is 0. The second-order valence-electron chi connectivity index (χ2n) is 3.93. The van der Waals surface area contributed by atoms with Crippen molar-refractivity contribution < 1.29 is 10.0 Å². The highest BCUT2D eigenvalue weighted by molar-refractivity contribution is 7.18. The summed E-state index contributed by atoms with van der Waals surface area (Å²) in [7, 11) is 0. The molecular weight excluding hydrogens is 264 g/mol. The Balaban J connectivity index is 2.19. The van der Waals surface area contributed by atoms with Crippen molar-refractivity contribution >= 4 is 27.2 Å². The van der Waals surface area contributed by atoms with E-state index < -0.39 is 4.92 Å². The zero-order valence-electron chi connectivity index (χ0n) is 9.61. The molecule has 0 aliphatic rings. The van der Waals surface area contributed by atoms with Crippen LogP contribution in [0.2, 0.25) is 0 Å². The molecule has 0 saturated carbocycles. The standard InChI is InChI=1S/C13H8N2O3S/c16-13-9(10-5-6-11(19-10)15(17)18)4-3-8-2-1-7-14-12(8)13/h1-7,16H. The molecule has 94 valence electrons. The Morgan fingerprint density at radius 3 is 2.79 bits per heavy atom. The topological polar surface area (TPSA) is 76.3 Å². The van der Waals surface area contributed by atoms with Gasteiger partial charge in [0.15, 0.2) is 0 Å². The number of fused-ring (bicyclic) bond motifs is 1. The number of pyridine rings is 1. The highest BCUT2D eigenvalue weighted by Crippen LogP contribution is 2.39. The summed E-state index contributed by atoms with van der Waals surface area (Å²) in [5.41, 5.74) is 1.06. The third kappa shape index (κ3) is 1.92. The second-order valence-corrected chi connectivity index (χ2v) is 4.99. The normalized spacial score (nSPS) is 10.7. The minimum Gasteiger partial charge on any atom is -0.505 e. The first-order valence-electron chi connectivity index (χ1n) is 5.48. The van der Waals surface area contributed by atoms with Crippen LogP contribution in [0.15, 0.2) is 42.6 Å². The number of hydrogen-bond donors (Lipinski definition) is 1. The van der Waals surface area contributed by atoms with Gasteiger partial charge in [0.2, 0.25) is 0 Å². The van der Waals surface area contributed by atoms with E-state index in [0.29, 0.717) is 16.0 Å². The minimum atomic E-state index is -0.440. The van der Waals surface area contributed by atoms with Gasteiger partial charge in [0.25, 0.3) is 0 Å². The molecule has 0 bridgehead atoms. The van der Waals surface area contributed by atoms with E-state index in [9.17, 15) is 15.2 Å². The van der Waals surface area contributed by atoms with Crippen LogP contribution >= 0.6 is 11.3 Å². The molecule has 0 saturated heterocycles. The summed E-state index contributed by atoms with van der Waals surface area (Å²) in [6.07, 6.45) is 1.60.